The Hall–Kier alpha value is -1.35. The fourth-order valence-electron chi connectivity index (χ4n) is 2.01. The number of aliphatic carboxylic acids is 1. The van der Waals surface area contributed by atoms with Crippen LogP contribution in [0.5, 0.6) is 0 Å². The number of carbonyl (C=O) groups is 2. The summed E-state index contributed by atoms with van der Waals surface area (Å²) in [4.78, 5) is 24.3. The third-order valence-corrected chi connectivity index (χ3v) is 4.76. The second-order valence-electron chi connectivity index (χ2n) is 5.09. The van der Waals surface area contributed by atoms with Crippen molar-refractivity contribution < 1.29 is 23.1 Å². The number of nitrogens with one attached hydrogen (secondary N) is 2. The zero-order chi connectivity index (χ0) is 15.4. The van der Waals surface area contributed by atoms with Gasteiger partial charge in [-0.3, -0.25) is 4.79 Å². The quantitative estimate of drug-likeness (QED) is 0.608. The molecular formula is C11H21N3O5S. The highest BCUT2D eigenvalue weighted by Gasteiger charge is 2.42. The summed E-state index contributed by atoms with van der Waals surface area (Å²) in [5.74, 6) is -1.13. The molecule has 0 aromatic rings. The smallest absolute Gasteiger partial charge is 0.317 e. The van der Waals surface area contributed by atoms with E-state index < -0.39 is 27.4 Å². The summed E-state index contributed by atoms with van der Waals surface area (Å²) in [5, 5.41) is 11.6. The second kappa shape index (κ2) is 6.40. The van der Waals surface area contributed by atoms with Gasteiger partial charge in [0.05, 0.1) is 11.2 Å². The predicted octanol–water partition coefficient (Wildman–Crippen LogP) is -0.568. The number of urea groups is 1. The third-order valence-electron chi connectivity index (χ3n) is 3.29. The lowest BCUT2D eigenvalue weighted by Crippen LogP contribution is -2.43. The fourth-order valence-corrected chi connectivity index (χ4v) is 2.96. The van der Waals surface area contributed by atoms with Crippen molar-refractivity contribution in [2.75, 3.05) is 31.9 Å². The number of likely N-dealkylation sites (tertiary alicyclic amines) is 1. The van der Waals surface area contributed by atoms with Crippen LogP contribution in [0.2, 0.25) is 0 Å². The first kappa shape index (κ1) is 16.7. The number of carboxylic acids is 1. The van der Waals surface area contributed by atoms with Crippen LogP contribution in [0.3, 0.4) is 0 Å². The summed E-state index contributed by atoms with van der Waals surface area (Å²) >= 11 is 0. The molecule has 8 nitrogen and oxygen atoms in total. The molecule has 116 valence electrons. The molecule has 20 heavy (non-hydrogen) atoms. The molecule has 1 aliphatic heterocycles. The first-order valence-electron chi connectivity index (χ1n) is 6.44. The second-order valence-corrected chi connectivity index (χ2v) is 7.01. The molecule has 1 fully saturated rings. The number of hydrogen-bond donors (Lipinski definition) is 3. The lowest BCUT2D eigenvalue weighted by molar-refractivity contribution is -0.147. The van der Waals surface area contributed by atoms with Crippen LogP contribution in [0, 0.1) is 5.41 Å². The van der Waals surface area contributed by atoms with Crippen molar-refractivity contribution in [1.82, 2.24) is 14.9 Å². The minimum atomic E-state index is -3.36. The minimum Gasteiger partial charge on any atom is -0.481 e. The van der Waals surface area contributed by atoms with Crippen molar-refractivity contribution in [3.05, 3.63) is 0 Å². The Bertz CT molecular complexity index is 478. The van der Waals surface area contributed by atoms with Crippen LogP contribution in [-0.2, 0) is 14.8 Å². The lowest BCUT2D eigenvalue weighted by Gasteiger charge is -2.20. The number of carbonyl (C=O) groups excluding carboxylic acids is 1. The van der Waals surface area contributed by atoms with E-state index in [0.29, 0.717) is 19.5 Å². The Morgan fingerprint density at radius 2 is 2.05 bits per heavy atom. The summed E-state index contributed by atoms with van der Waals surface area (Å²) in [6, 6.07) is -0.429. The van der Waals surface area contributed by atoms with E-state index in [1.165, 1.54) is 4.90 Å². The predicted molar refractivity (Wildman–Crippen MR) is 72.8 cm³/mol. The van der Waals surface area contributed by atoms with Gasteiger partial charge in [-0.05, 0) is 13.3 Å². The molecule has 1 saturated heterocycles. The summed E-state index contributed by atoms with van der Waals surface area (Å²) < 4.78 is 25.1. The van der Waals surface area contributed by atoms with Gasteiger partial charge in [0.2, 0.25) is 10.0 Å². The molecule has 0 radical (unpaired) electrons. The molecular weight excluding hydrogens is 286 g/mol. The van der Waals surface area contributed by atoms with Crippen molar-refractivity contribution >= 4 is 22.0 Å². The maximum absolute atomic E-state index is 11.8. The van der Waals surface area contributed by atoms with Crippen molar-refractivity contribution in [2.45, 2.75) is 20.3 Å². The Balaban J connectivity index is 2.40. The largest absolute Gasteiger partial charge is 0.481 e. The number of rotatable bonds is 6. The summed E-state index contributed by atoms with van der Waals surface area (Å²) in [5.41, 5.74) is -0.923. The Morgan fingerprint density at radius 1 is 1.40 bits per heavy atom. The van der Waals surface area contributed by atoms with Gasteiger partial charge < -0.3 is 15.3 Å². The molecule has 0 saturated carbocycles. The Kier molecular flexibility index (Phi) is 5.35. The highest BCUT2D eigenvalue weighted by atomic mass is 32.2. The molecule has 0 bridgehead atoms. The Morgan fingerprint density at radius 3 is 2.55 bits per heavy atom. The normalized spacial score (nSPS) is 22.8. The molecule has 9 heteroatoms. The van der Waals surface area contributed by atoms with Crippen molar-refractivity contribution in [3.63, 3.8) is 0 Å². The number of amides is 2. The molecule has 3 N–H and O–H groups in total. The maximum atomic E-state index is 11.8. The molecule has 1 atom stereocenters. The molecule has 1 heterocycles. The van der Waals surface area contributed by atoms with Gasteiger partial charge in [0.1, 0.15) is 0 Å². The Labute approximate surface area is 118 Å². The summed E-state index contributed by atoms with van der Waals surface area (Å²) in [6.45, 7) is 4.06. The number of nitrogens with zero attached hydrogens (tertiary/aromatic N) is 1. The zero-order valence-electron chi connectivity index (χ0n) is 11.7. The maximum Gasteiger partial charge on any atom is 0.317 e. The topological polar surface area (TPSA) is 116 Å². The third kappa shape index (κ3) is 4.34. The number of carboxylic acid groups (broad SMARTS) is 1. The van der Waals surface area contributed by atoms with Gasteiger partial charge in [-0.1, -0.05) is 6.92 Å². The van der Waals surface area contributed by atoms with Gasteiger partial charge in [-0.15, -0.1) is 0 Å². The van der Waals surface area contributed by atoms with Crippen molar-refractivity contribution in [2.24, 2.45) is 5.41 Å². The monoisotopic (exact) mass is 307 g/mol. The van der Waals surface area contributed by atoms with E-state index in [1.807, 2.05) is 0 Å². The molecule has 0 aromatic heterocycles. The van der Waals surface area contributed by atoms with Crippen LogP contribution in [-0.4, -0.2) is 62.4 Å². The van der Waals surface area contributed by atoms with Crippen LogP contribution >= 0.6 is 0 Å². The van der Waals surface area contributed by atoms with Gasteiger partial charge in [-0.25, -0.2) is 17.9 Å². The first-order chi connectivity index (χ1) is 9.20. The van der Waals surface area contributed by atoms with Gasteiger partial charge in [0.15, 0.2) is 0 Å². The van der Waals surface area contributed by atoms with Crippen LogP contribution in [0.1, 0.15) is 20.3 Å². The van der Waals surface area contributed by atoms with E-state index in [4.69, 9.17) is 5.11 Å². The summed E-state index contributed by atoms with van der Waals surface area (Å²) in [7, 11) is -3.36. The van der Waals surface area contributed by atoms with E-state index in [2.05, 4.69) is 10.0 Å². The van der Waals surface area contributed by atoms with Crippen LogP contribution in [0.4, 0.5) is 4.79 Å². The molecule has 0 aliphatic carbocycles. The van der Waals surface area contributed by atoms with Gasteiger partial charge in [0.25, 0.3) is 0 Å². The SMILES string of the molecule is CCNS(=O)(=O)CCNC(=O)N1CCC(C)(C(=O)O)C1. The van der Waals surface area contributed by atoms with E-state index in [1.54, 1.807) is 13.8 Å². The van der Waals surface area contributed by atoms with E-state index in [9.17, 15) is 18.0 Å². The van der Waals surface area contributed by atoms with Crippen molar-refractivity contribution in [1.29, 1.82) is 0 Å². The summed E-state index contributed by atoms with van der Waals surface area (Å²) in [6.07, 6.45) is 0.394. The average molecular weight is 307 g/mol. The number of sulfonamides is 1. The van der Waals surface area contributed by atoms with Gasteiger partial charge in [0, 0.05) is 26.2 Å². The fraction of sp³-hybridized carbons (Fsp3) is 0.818. The van der Waals surface area contributed by atoms with E-state index in [-0.39, 0.29) is 18.8 Å². The van der Waals surface area contributed by atoms with E-state index >= 15 is 0 Å². The molecule has 0 aromatic carbocycles. The standard InChI is InChI=1S/C11H21N3O5S/c1-3-13-20(18,19)7-5-12-10(17)14-6-4-11(2,8-14)9(15)16/h13H,3-8H2,1-2H3,(H,12,17)(H,15,16). The van der Waals surface area contributed by atoms with Crippen LogP contribution < -0.4 is 10.0 Å². The minimum absolute atomic E-state index is 0.00550. The van der Waals surface area contributed by atoms with Crippen LogP contribution in [0.15, 0.2) is 0 Å². The highest BCUT2D eigenvalue weighted by molar-refractivity contribution is 7.89. The lowest BCUT2D eigenvalue weighted by atomic mass is 9.90. The first-order valence-corrected chi connectivity index (χ1v) is 8.09. The number of hydrogen-bond acceptors (Lipinski definition) is 4. The zero-order valence-corrected chi connectivity index (χ0v) is 12.5. The molecule has 1 aliphatic rings. The molecule has 2 amide bonds. The highest BCUT2D eigenvalue weighted by Crippen LogP contribution is 2.29. The molecule has 1 rings (SSSR count). The molecule has 1 unspecified atom stereocenters. The van der Waals surface area contributed by atoms with Gasteiger partial charge >= 0.3 is 12.0 Å². The van der Waals surface area contributed by atoms with Gasteiger partial charge in [-0.2, -0.15) is 0 Å². The van der Waals surface area contributed by atoms with Crippen LogP contribution in [0.25, 0.3) is 0 Å². The van der Waals surface area contributed by atoms with E-state index in [0.717, 1.165) is 0 Å². The van der Waals surface area contributed by atoms with Crippen molar-refractivity contribution in [3.8, 4) is 0 Å². The molecule has 0 spiro atoms. The average Bonchev–Trinajstić information content (AvgIpc) is 2.73.